The van der Waals surface area contributed by atoms with Gasteiger partial charge in [-0.2, -0.15) is 10.4 Å². The van der Waals surface area contributed by atoms with E-state index >= 15 is 0 Å². The standard InChI is InChI=1S/C24H26N6O2S/c1-3-20(9-8-17(2)15-33(31,32)22-7-5-4-6-18(22)12-25)30-14-19(13-29-30)23-21-10-11-26-24(21)28-16-27-23/h4-7,10-11,13-14,16-17,20H,3,8-9,15H2,1-2H3,(H,26,27,28). The van der Waals surface area contributed by atoms with Gasteiger partial charge in [0.1, 0.15) is 18.0 Å². The van der Waals surface area contributed by atoms with E-state index in [1.54, 1.807) is 18.2 Å². The number of H-pyrrole nitrogens is 1. The highest BCUT2D eigenvalue weighted by molar-refractivity contribution is 7.91. The maximum absolute atomic E-state index is 12.9. The van der Waals surface area contributed by atoms with Crippen molar-refractivity contribution in [2.24, 2.45) is 5.92 Å². The molecule has 1 N–H and O–H groups in total. The van der Waals surface area contributed by atoms with Crippen LogP contribution in [0.25, 0.3) is 22.3 Å². The Labute approximate surface area is 193 Å². The second-order valence-corrected chi connectivity index (χ2v) is 10.3. The first-order valence-electron chi connectivity index (χ1n) is 11.0. The molecule has 2 unspecified atom stereocenters. The van der Waals surface area contributed by atoms with E-state index in [0.29, 0.717) is 0 Å². The Morgan fingerprint density at radius 3 is 2.79 bits per heavy atom. The zero-order valence-corrected chi connectivity index (χ0v) is 19.5. The number of hydrogen-bond donors (Lipinski definition) is 1. The van der Waals surface area contributed by atoms with Crippen molar-refractivity contribution >= 4 is 20.9 Å². The number of hydrogen-bond acceptors (Lipinski definition) is 6. The lowest BCUT2D eigenvalue weighted by Gasteiger charge is -2.19. The summed E-state index contributed by atoms with van der Waals surface area (Å²) in [6, 6.07) is 10.5. The molecule has 0 bridgehead atoms. The summed E-state index contributed by atoms with van der Waals surface area (Å²) < 4.78 is 27.7. The molecule has 170 valence electrons. The molecule has 33 heavy (non-hydrogen) atoms. The Kier molecular flexibility index (Phi) is 6.56. The Bertz CT molecular complexity index is 1400. The molecule has 8 nitrogen and oxygen atoms in total. The van der Waals surface area contributed by atoms with Gasteiger partial charge in [0.15, 0.2) is 9.84 Å². The molecule has 0 saturated heterocycles. The van der Waals surface area contributed by atoms with E-state index in [0.717, 1.165) is 41.6 Å². The van der Waals surface area contributed by atoms with E-state index in [-0.39, 0.29) is 28.2 Å². The van der Waals surface area contributed by atoms with E-state index in [9.17, 15) is 13.7 Å². The largest absolute Gasteiger partial charge is 0.346 e. The van der Waals surface area contributed by atoms with Crippen LogP contribution >= 0.6 is 0 Å². The highest BCUT2D eigenvalue weighted by atomic mass is 32.2. The van der Waals surface area contributed by atoms with Crippen molar-refractivity contribution in [3.63, 3.8) is 0 Å². The molecule has 0 saturated carbocycles. The van der Waals surface area contributed by atoms with Crippen LogP contribution in [0.3, 0.4) is 0 Å². The predicted octanol–water partition coefficient (Wildman–Crippen LogP) is 4.53. The summed E-state index contributed by atoms with van der Waals surface area (Å²) in [4.78, 5) is 11.9. The maximum Gasteiger partial charge on any atom is 0.179 e. The van der Waals surface area contributed by atoms with E-state index < -0.39 is 9.84 Å². The third kappa shape index (κ3) is 4.81. The highest BCUT2D eigenvalue weighted by Crippen LogP contribution is 2.28. The molecule has 0 spiro atoms. The first-order chi connectivity index (χ1) is 15.9. The van der Waals surface area contributed by atoms with Crippen LogP contribution in [0.15, 0.2) is 60.1 Å². The van der Waals surface area contributed by atoms with Crippen molar-refractivity contribution in [1.29, 1.82) is 5.26 Å². The molecule has 0 aliphatic heterocycles. The molecule has 3 aromatic heterocycles. The number of aromatic nitrogens is 5. The molecule has 0 fully saturated rings. The molecule has 0 amide bonds. The van der Waals surface area contributed by atoms with E-state index in [1.165, 1.54) is 12.4 Å². The van der Waals surface area contributed by atoms with Crippen LogP contribution in [0.4, 0.5) is 0 Å². The SMILES string of the molecule is CCC(CCC(C)CS(=O)(=O)c1ccccc1C#N)n1cc(-c2ncnc3[nH]ccc23)cn1. The fraction of sp³-hybridized carbons (Fsp3) is 0.333. The lowest BCUT2D eigenvalue weighted by Crippen LogP contribution is -2.17. The first kappa shape index (κ1) is 22.7. The first-order valence-corrected chi connectivity index (χ1v) is 12.6. The van der Waals surface area contributed by atoms with E-state index in [2.05, 4.69) is 27.0 Å². The van der Waals surface area contributed by atoms with Gasteiger partial charge in [0.2, 0.25) is 0 Å². The van der Waals surface area contributed by atoms with Gasteiger partial charge in [-0.05, 0) is 43.4 Å². The minimum atomic E-state index is -3.53. The number of nitriles is 1. The summed E-state index contributed by atoms with van der Waals surface area (Å²) >= 11 is 0. The number of benzene rings is 1. The zero-order chi connectivity index (χ0) is 23.4. The lowest BCUT2D eigenvalue weighted by molar-refractivity contribution is 0.376. The summed E-state index contributed by atoms with van der Waals surface area (Å²) in [5, 5.41) is 14.8. The number of sulfone groups is 1. The van der Waals surface area contributed by atoms with Gasteiger partial charge in [-0.25, -0.2) is 18.4 Å². The van der Waals surface area contributed by atoms with Gasteiger partial charge in [-0.1, -0.05) is 26.0 Å². The van der Waals surface area contributed by atoms with Crippen LogP contribution in [-0.2, 0) is 9.84 Å². The Morgan fingerprint density at radius 2 is 2.00 bits per heavy atom. The summed E-state index contributed by atoms with van der Waals surface area (Å²) in [7, 11) is -3.53. The summed E-state index contributed by atoms with van der Waals surface area (Å²) in [6.45, 7) is 4.04. The fourth-order valence-electron chi connectivity index (χ4n) is 4.14. The average molecular weight is 463 g/mol. The van der Waals surface area contributed by atoms with Crippen LogP contribution in [0, 0.1) is 17.2 Å². The molecule has 1 aromatic carbocycles. The van der Waals surface area contributed by atoms with Crippen molar-refractivity contribution in [3.05, 3.63) is 60.8 Å². The molecular weight excluding hydrogens is 436 g/mol. The molecular formula is C24H26N6O2S. The number of aromatic amines is 1. The van der Waals surface area contributed by atoms with Crippen molar-refractivity contribution in [1.82, 2.24) is 24.7 Å². The molecule has 0 aliphatic carbocycles. The molecule has 0 aliphatic rings. The van der Waals surface area contributed by atoms with Gasteiger partial charge < -0.3 is 4.98 Å². The average Bonchev–Trinajstić information content (AvgIpc) is 3.49. The molecule has 0 radical (unpaired) electrons. The second kappa shape index (κ2) is 9.55. The van der Waals surface area contributed by atoms with Gasteiger partial charge in [-0.15, -0.1) is 0 Å². The predicted molar refractivity (Wildman–Crippen MR) is 126 cm³/mol. The molecule has 9 heteroatoms. The Morgan fingerprint density at radius 1 is 1.18 bits per heavy atom. The van der Waals surface area contributed by atoms with Crippen molar-refractivity contribution in [2.75, 3.05) is 5.75 Å². The van der Waals surface area contributed by atoms with E-state index in [1.807, 2.05) is 42.3 Å². The van der Waals surface area contributed by atoms with Crippen LogP contribution in [-0.4, -0.2) is 38.9 Å². The zero-order valence-electron chi connectivity index (χ0n) is 18.6. The van der Waals surface area contributed by atoms with Gasteiger partial charge >= 0.3 is 0 Å². The Hall–Kier alpha value is -3.51. The van der Waals surface area contributed by atoms with Gasteiger partial charge in [-0.3, -0.25) is 4.68 Å². The third-order valence-electron chi connectivity index (χ3n) is 5.91. The van der Waals surface area contributed by atoms with Gasteiger partial charge in [0.05, 0.1) is 34.1 Å². The quantitative estimate of drug-likeness (QED) is 0.390. The highest BCUT2D eigenvalue weighted by Gasteiger charge is 2.23. The number of fused-ring (bicyclic) bond motifs is 1. The molecule has 3 heterocycles. The topological polar surface area (TPSA) is 117 Å². The fourth-order valence-corrected chi connectivity index (χ4v) is 5.97. The minimum Gasteiger partial charge on any atom is -0.346 e. The van der Waals surface area contributed by atoms with Crippen molar-refractivity contribution in [3.8, 4) is 17.3 Å². The molecule has 4 rings (SSSR count). The summed E-state index contributed by atoms with van der Waals surface area (Å²) in [5.74, 6) is -0.0361. The second-order valence-electron chi connectivity index (χ2n) is 8.31. The normalized spacial score (nSPS) is 13.6. The van der Waals surface area contributed by atoms with Crippen molar-refractivity contribution < 1.29 is 8.42 Å². The minimum absolute atomic E-state index is 0.0128. The number of nitrogens with zero attached hydrogens (tertiary/aromatic N) is 5. The van der Waals surface area contributed by atoms with Crippen LogP contribution < -0.4 is 0 Å². The van der Waals surface area contributed by atoms with Gasteiger partial charge in [0.25, 0.3) is 0 Å². The van der Waals surface area contributed by atoms with E-state index in [4.69, 9.17) is 0 Å². The smallest absolute Gasteiger partial charge is 0.179 e. The number of rotatable bonds is 9. The monoisotopic (exact) mass is 462 g/mol. The molecule has 4 aromatic rings. The van der Waals surface area contributed by atoms with Crippen molar-refractivity contribution in [2.45, 2.75) is 44.0 Å². The maximum atomic E-state index is 12.9. The van der Waals surface area contributed by atoms with Gasteiger partial charge in [0, 0.05) is 23.3 Å². The number of nitrogens with one attached hydrogen (secondary N) is 1. The summed E-state index contributed by atoms with van der Waals surface area (Å²) in [6.07, 6.45) is 9.59. The summed E-state index contributed by atoms with van der Waals surface area (Å²) in [5.41, 5.74) is 2.73. The van der Waals surface area contributed by atoms with Crippen LogP contribution in [0.2, 0.25) is 0 Å². The van der Waals surface area contributed by atoms with Crippen LogP contribution in [0.5, 0.6) is 0 Å². The van der Waals surface area contributed by atoms with Crippen LogP contribution in [0.1, 0.15) is 44.7 Å². The Balaban J connectivity index is 1.44. The lowest BCUT2D eigenvalue weighted by atomic mass is 10.0. The third-order valence-corrected chi connectivity index (χ3v) is 7.95. The molecule has 2 atom stereocenters.